The highest BCUT2D eigenvalue weighted by Crippen LogP contribution is 1.97. The Morgan fingerprint density at radius 3 is 2.93 bits per heavy atom. The molecule has 0 aromatic carbocycles. The van der Waals surface area contributed by atoms with Crippen LogP contribution in [0, 0.1) is 0 Å². The molecule has 1 heterocycles. The van der Waals surface area contributed by atoms with E-state index in [0.717, 1.165) is 6.42 Å². The van der Waals surface area contributed by atoms with Gasteiger partial charge in [0.05, 0.1) is 6.20 Å². The molecule has 0 fully saturated rings. The first-order valence-corrected chi connectivity index (χ1v) is 5.12. The van der Waals surface area contributed by atoms with Crippen molar-refractivity contribution in [3.63, 3.8) is 0 Å². The predicted octanol–water partition coefficient (Wildman–Crippen LogP) is 0.275. The second kappa shape index (κ2) is 5.38. The molecule has 0 aliphatic rings. The van der Waals surface area contributed by atoms with E-state index in [1.54, 1.807) is 4.68 Å². The van der Waals surface area contributed by atoms with E-state index >= 15 is 0 Å². The molecule has 0 bridgehead atoms. The number of nitrogens with one attached hydrogen (secondary N) is 1. The van der Waals surface area contributed by atoms with Crippen molar-refractivity contribution < 1.29 is 0 Å². The monoisotopic (exact) mass is 209 g/mol. The number of guanidine groups is 1. The first-order chi connectivity index (χ1) is 7.08. The third kappa shape index (κ3) is 4.49. The fourth-order valence-electron chi connectivity index (χ4n) is 1.25. The van der Waals surface area contributed by atoms with Crippen molar-refractivity contribution in [1.82, 2.24) is 15.1 Å². The van der Waals surface area contributed by atoms with Gasteiger partial charge < -0.3 is 11.1 Å². The zero-order valence-corrected chi connectivity index (χ0v) is 9.57. The lowest BCUT2D eigenvalue weighted by molar-refractivity contribution is 0.723. The quantitative estimate of drug-likeness (QED) is 0.552. The molecular weight excluding hydrogens is 190 g/mol. The lowest BCUT2D eigenvalue weighted by Crippen LogP contribution is -2.36. The minimum atomic E-state index is 0.326. The Bertz CT molecular complexity index is 326. The molecule has 1 aromatic heterocycles. The van der Waals surface area contributed by atoms with E-state index < -0.39 is 0 Å². The smallest absolute Gasteiger partial charge is 0.188 e. The number of aryl methyl sites for hydroxylation is 1. The summed E-state index contributed by atoms with van der Waals surface area (Å²) >= 11 is 0. The van der Waals surface area contributed by atoms with Gasteiger partial charge in [-0.25, -0.2) is 0 Å². The lowest BCUT2D eigenvalue weighted by Gasteiger charge is -2.07. The fourth-order valence-corrected chi connectivity index (χ4v) is 1.25. The van der Waals surface area contributed by atoms with E-state index in [2.05, 4.69) is 15.4 Å². The largest absolute Gasteiger partial charge is 0.370 e. The van der Waals surface area contributed by atoms with Gasteiger partial charge in [-0.2, -0.15) is 5.10 Å². The summed E-state index contributed by atoms with van der Waals surface area (Å²) in [5.74, 6) is 0.508. The van der Waals surface area contributed by atoms with Crippen molar-refractivity contribution in [3.05, 3.63) is 18.0 Å². The number of aromatic nitrogens is 2. The van der Waals surface area contributed by atoms with E-state index in [-0.39, 0.29) is 0 Å². The molecule has 0 radical (unpaired) electrons. The molecule has 0 unspecified atom stereocenters. The summed E-state index contributed by atoms with van der Waals surface area (Å²) in [6.07, 6.45) is 4.71. The van der Waals surface area contributed by atoms with Crippen molar-refractivity contribution in [2.24, 2.45) is 17.8 Å². The van der Waals surface area contributed by atoms with Crippen LogP contribution in [0.2, 0.25) is 0 Å². The Morgan fingerprint density at radius 2 is 2.40 bits per heavy atom. The fraction of sp³-hybridized carbons (Fsp3) is 0.600. The number of nitrogens with zero attached hydrogens (tertiary/aromatic N) is 3. The predicted molar refractivity (Wildman–Crippen MR) is 61.7 cm³/mol. The number of hydrogen-bond donors (Lipinski definition) is 2. The van der Waals surface area contributed by atoms with E-state index in [1.807, 2.05) is 33.3 Å². The summed E-state index contributed by atoms with van der Waals surface area (Å²) in [6, 6.07) is 0.326. The molecule has 0 aliphatic carbocycles. The highest BCUT2D eigenvalue weighted by Gasteiger charge is 1.97. The molecule has 1 rings (SSSR count). The van der Waals surface area contributed by atoms with E-state index in [9.17, 15) is 0 Å². The molecule has 0 spiro atoms. The second-order valence-electron chi connectivity index (χ2n) is 3.84. The summed E-state index contributed by atoms with van der Waals surface area (Å²) < 4.78 is 1.79. The van der Waals surface area contributed by atoms with Crippen LogP contribution in [0.4, 0.5) is 0 Å². The molecule has 0 saturated carbocycles. The zero-order chi connectivity index (χ0) is 11.3. The Labute approximate surface area is 90.4 Å². The minimum Gasteiger partial charge on any atom is -0.370 e. The van der Waals surface area contributed by atoms with Crippen molar-refractivity contribution in [3.8, 4) is 0 Å². The summed E-state index contributed by atoms with van der Waals surface area (Å²) in [6.45, 7) is 4.75. The van der Waals surface area contributed by atoms with Crippen molar-refractivity contribution in [2.45, 2.75) is 26.3 Å². The highest BCUT2D eigenvalue weighted by molar-refractivity contribution is 5.78. The summed E-state index contributed by atoms with van der Waals surface area (Å²) in [4.78, 5) is 4.22. The highest BCUT2D eigenvalue weighted by atomic mass is 15.2. The summed E-state index contributed by atoms with van der Waals surface area (Å²) in [5, 5.41) is 7.13. The number of rotatable bonds is 4. The van der Waals surface area contributed by atoms with Crippen LogP contribution in [-0.4, -0.2) is 28.3 Å². The second-order valence-corrected chi connectivity index (χ2v) is 3.84. The standard InChI is InChI=1S/C10H19N5/c1-8(2)14-10(11)12-5-4-9-6-13-15(3)7-9/h6-8H,4-5H2,1-3H3,(H3,11,12,14). The van der Waals surface area contributed by atoms with Crippen LogP contribution in [-0.2, 0) is 13.5 Å². The maximum atomic E-state index is 5.66. The number of nitrogens with two attached hydrogens (primary N) is 1. The number of hydrogen-bond acceptors (Lipinski definition) is 2. The van der Waals surface area contributed by atoms with Gasteiger partial charge in [-0.3, -0.25) is 9.67 Å². The maximum Gasteiger partial charge on any atom is 0.188 e. The van der Waals surface area contributed by atoms with Crippen molar-refractivity contribution in [1.29, 1.82) is 0 Å². The average molecular weight is 209 g/mol. The molecule has 0 aliphatic heterocycles. The van der Waals surface area contributed by atoms with Gasteiger partial charge in [0.15, 0.2) is 5.96 Å². The molecule has 5 heteroatoms. The molecule has 15 heavy (non-hydrogen) atoms. The molecule has 3 N–H and O–H groups in total. The van der Waals surface area contributed by atoms with Gasteiger partial charge in [0, 0.05) is 25.8 Å². The third-order valence-corrected chi connectivity index (χ3v) is 1.88. The Morgan fingerprint density at radius 1 is 1.67 bits per heavy atom. The van der Waals surface area contributed by atoms with Crippen LogP contribution in [0.15, 0.2) is 17.4 Å². The van der Waals surface area contributed by atoms with Gasteiger partial charge in [0.2, 0.25) is 0 Å². The Hall–Kier alpha value is -1.52. The van der Waals surface area contributed by atoms with Crippen LogP contribution < -0.4 is 11.1 Å². The molecular formula is C10H19N5. The van der Waals surface area contributed by atoms with Crippen molar-refractivity contribution in [2.75, 3.05) is 6.54 Å². The zero-order valence-electron chi connectivity index (χ0n) is 9.57. The van der Waals surface area contributed by atoms with Gasteiger partial charge in [0.25, 0.3) is 0 Å². The number of aliphatic imine (C=N–C) groups is 1. The van der Waals surface area contributed by atoms with Crippen LogP contribution in [0.1, 0.15) is 19.4 Å². The van der Waals surface area contributed by atoms with Gasteiger partial charge in [-0.15, -0.1) is 0 Å². The lowest BCUT2D eigenvalue weighted by atomic mass is 10.3. The van der Waals surface area contributed by atoms with Gasteiger partial charge >= 0.3 is 0 Å². The normalized spacial score (nSPS) is 12.1. The van der Waals surface area contributed by atoms with Gasteiger partial charge in [0.1, 0.15) is 0 Å². The SMILES string of the molecule is CC(C)NC(N)=NCCc1cnn(C)c1. The first-order valence-electron chi connectivity index (χ1n) is 5.12. The maximum absolute atomic E-state index is 5.66. The van der Waals surface area contributed by atoms with Crippen LogP contribution in [0.25, 0.3) is 0 Å². The van der Waals surface area contributed by atoms with E-state index in [0.29, 0.717) is 18.5 Å². The molecule has 0 atom stereocenters. The molecule has 0 saturated heterocycles. The van der Waals surface area contributed by atoms with Gasteiger partial charge in [-0.1, -0.05) is 0 Å². The van der Waals surface area contributed by atoms with E-state index in [4.69, 9.17) is 5.73 Å². The van der Waals surface area contributed by atoms with E-state index in [1.165, 1.54) is 5.56 Å². The summed E-state index contributed by atoms with van der Waals surface area (Å²) in [7, 11) is 1.90. The first kappa shape index (κ1) is 11.6. The molecule has 1 aromatic rings. The van der Waals surface area contributed by atoms with Crippen LogP contribution in [0.5, 0.6) is 0 Å². The average Bonchev–Trinajstić information content (AvgIpc) is 2.50. The third-order valence-electron chi connectivity index (χ3n) is 1.88. The molecule has 0 amide bonds. The Balaban J connectivity index is 2.32. The van der Waals surface area contributed by atoms with Crippen LogP contribution >= 0.6 is 0 Å². The van der Waals surface area contributed by atoms with Gasteiger partial charge in [-0.05, 0) is 25.8 Å². The van der Waals surface area contributed by atoms with Crippen LogP contribution in [0.3, 0.4) is 0 Å². The summed E-state index contributed by atoms with van der Waals surface area (Å²) in [5.41, 5.74) is 6.84. The topological polar surface area (TPSA) is 68.2 Å². The molecule has 84 valence electrons. The minimum absolute atomic E-state index is 0.326. The Kier molecular flexibility index (Phi) is 4.15. The van der Waals surface area contributed by atoms with Crippen molar-refractivity contribution >= 4 is 5.96 Å². The molecule has 5 nitrogen and oxygen atoms in total.